The zero-order chi connectivity index (χ0) is 11.8. The van der Waals surface area contributed by atoms with E-state index < -0.39 is 0 Å². The van der Waals surface area contributed by atoms with Crippen molar-refractivity contribution >= 4 is 11.6 Å². The van der Waals surface area contributed by atoms with Gasteiger partial charge in [-0.25, -0.2) is 0 Å². The van der Waals surface area contributed by atoms with Gasteiger partial charge in [0.2, 0.25) is 5.91 Å². The molecule has 0 saturated carbocycles. The molecule has 0 aliphatic heterocycles. The third kappa shape index (κ3) is 4.16. The van der Waals surface area contributed by atoms with Crippen molar-refractivity contribution in [2.45, 2.75) is 19.4 Å². The molecule has 1 aromatic carbocycles. The summed E-state index contributed by atoms with van der Waals surface area (Å²) in [6, 6.07) is 7.74. The van der Waals surface area contributed by atoms with Crippen molar-refractivity contribution in [2.24, 2.45) is 0 Å². The fourth-order valence-corrected chi connectivity index (χ4v) is 1.37. The highest BCUT2D eigenvalue weighted by Crippen LogP contribution is 2.10. The molecule has 0 saturated heterocycles. The lowest BCUT2D eigenvalue weighted by molar-refractivity contribution is -0.116. The molecule has 2 N–H and O–H groups in total. The van der Waals surface area contributed by atoms with Crippen molar-refractivity contribution in [3.8, 4) is 12.3 Å². The Bertz CT molecular complexity index is 393. The SMILES string of the molecule is C#CCCC(=O)Nc1cccc(CNC)c1. The van der Waals surface area contributed by atoms with Crippen LogP contribution in [0, 0.1) is 12.3 Å². The molecule has 0 radical (unpaired) electrons. The fourth-order valence-electron chi connectivity index (χ4n) is 1.37. The monoisotopic (exact) mass is 216 g/mol. The number of carbonyl (C=O) groups is 1. The summed E-state index contributed by atoms with van der Waals surface area (Å²) in [6.45, 7) is 0.786. The lowest BCUT2D eigenvalue weighted by Gasteiger charge is -2.06. The highest BCUT2D eigenvalue weighted by Gasteiger charge is 2.01. The number of anilines is 1. The smallest absolute Gasteiger partial charge is 0.225 e. The van der Waals surface area contributed by atoms with Crippen LogP contribution in [0.4, 0.5) is 5.69 Å². The first kappa shape index (κ1) is 12.3. The van der Waals surface area contributed by atoms with Crippen LogP contribution in [0.3, 0.4) is 0 Å². The van der Waals surface area contributed by atoms with E-state index in [1.807, 2.05) is 31.3 Å². The van der Waals surface area contributed by atoms with E-state index in [0.29, 0.717) is 12.8 Å². The van der Waals surface area contributed by atoms with Gasteiger partial charge in [-0.1, -0.05) is 12.1 Å². The second-order valence-electron chi connectivity index (χ2n) is 3.48. The van der Waals surface area contributed by atoms with Gasteiger partial charge in [-0.05, 0) is 24.7 Å². The van der Waals surface area contributed by atoms with Crippen LogP contribution >= 0.6 is 0 Å². The molecule has 0 heterocycles. The summed E-state index contributed by atoms with van der Waals surface area (Å²) in [4.78, 5) is 11.4. The van der Waals surface area contributed by atoms with Gasteiger partial charge in [-0.15, -0.1) is 12.3 Å². The number of rotatable bonds is 5. The first-order chi connectivity index (χ1) is 7.76. The normalized spacial score (nSPS) is 9.50. The van der Waals surface area contributed by atoms with Crippen molar-refractivity contribution in [2.75, 3.05) is 12.4 Å². The second kappa shape index (κ2) is 6.65. The van der Waals surface area contributed by atoms with E-state index in [1.165, 1.54) is 0 Å². The molecule has 1 rings (SSSR count). The first-order valence-corrected chi connectivity index (χ1v) is 5.23. The highest BCUT2D eigenvalue weighted by molar-refractivity contribution is 5.90. The average molecular weight is 216 g/mol. The third-order valence-corrected chi connectivity index (χ3v) is 2.09. The molecule has 0 aromatic heterocycles. The summed E-state index contributed by atoms with van der Waals surface area (Å²) < 4.78 is 0. The van der Waals surface area contributed by atoms with E-state index in [0.717, 1.165) is 17.8 Å². The number of benzene rings is 1. The molecular formula is C13H16N2O. The number of terminal acetylenes is 1. The standard InChI is InChI=1S/C13H16N2O/c1-3-4-8-13(16)15-12-7-5-6-11(9-12)10-14-2/h1,5-7,9,14H,4,8,10H2,2H3,(H,15,16). The first-order valence-electron chi connectivity index (χ1n) is 5.23. The molecule has 16 heavy (non-hydrogen) atoms. The molecule has 0 aliphatic rings. The van der Waals surface area contributed by atoms with Gasteiger partial charge in [0, 0.05) is 25.1 Å². The molecule has 0 spiro atoms. The molecule has 0 unspecified atom stereocenters. The van der Waals surface area contributed by atoms with Gasteiger partial charge in [0.15, 0.2) is 0 Å². The molecule has 3 nitrogen and oxygen atoms in total. The Labute approximate surface area is 96.2 Å². The largest absolute Gasteiger partial charge is 0.326 e. The van der Waals surface area contributed by atoms with Crippen molar-refractivity contribution in [3.05, 3.63) is 29.8 Å². The zero-order valence-corrected chi connectivity index (χ0v) is 9.42. The fraction of sp³-hybridized carbons (Fsp3) is 0.308. The van der Waals surface area contributed by atoms with Crippen LogP contribution in [0.25, 0.3) is 0 Å². The molecule has 0 bridgehead atoms. The number of hydrogen-bond donors (Lipinski definition) is 2. The van der Waals surface area contributed by atoms with Gasteiger partial charge in [0.1, 0.15) is 0 Å². The predicted octanol–water partition coefficient (Wildman–Crippen LogP) is 1.76. The van der Waals surface area contributed by atoms with E-state index in [1.54, 1.807) is 0 Å². The minimum absolute atomic E-state index is 0.0421. The molecule has 0 atom stereocenters. The summed E-state index contributed by atoms with van der Waals surface area (Å²) >= 11 is 0. The maximum absolute atomic E-state index is 11.4. The maximum Gasteiger partial charge on any atom is 0.225 e. The second-order valence-corrected chi connectivity index (χ2v) is 3.48. The predicted molar refractivity (Wildman–Crippen MR) is 65.9 cm³/mol. The number of nitrogens with one attached hydrogen (secondary N) is 2. The Balaban J connectivity index is 2.56. The van der Waals surface area contributed by atoms with Gasteiger partial charge in [0.25, 0.3) is 0 Å². The van der Waals surface area contributed by atoms with Gasteiger partial charge in [-0.2, -0.15) is 0 Å². The van der Waals surface area contributed by atoms with E-state index in [9.17, 15) is 4.79 Å². The van der Waals surface area contributed by atoms with Crippen molar-refractivity contribution in [1.29, 1.82) is 0 Å². The number of carbonyl (C=O) groups excluding carboxylic acids is 1. The zero-order valence-electron chi connectivity index (χ0n) is 9.42. The molecule has 1 amide bonds. The van der Waals surface area contributed by atoms with Crippen LogP contribution in [0.2, 0.25) is 0 Å². The summed E-state index contributed by atoms with van der Waals surface area (Å²) in [6.07, 6.45) is 5.94. The van der Waals surface area contributed by atoms with E-state index in [4.69, 9.17) is 6.42 Å². The maximum atomic E-state index is 11.4. The Kier molecular flexibility index (Phi) is 5.10. The van der Waals surface area contributed by atoms with Crippen LogP contribution in [0.15, 0.2) is 24.3 Å². The molecule has 0 fully saturated rings. The Morgan fingerprint density at radius 1 is 1.50 bits per heavy atom. The van der Waals surface area contributed by atoms with E-state index >= 15 is 0 Å². The summed E-state index contributed by atoms with van der Waals surface area (Å²) in [7, 11) is 1.89. The van der Waals surface area contributed by atoms with Gasteiger partial charge >= 0.3 is 0 Å². The van der Waals surface area contributed by atoms with Crippen LogP contribution in [-0.2, 0) is 11.3 Å². The quantitative estimate of drug-likeness (QED) is 0.736. The van der Waals surface area contributed by atoms with E-state index in [-0.39, 0.29) is 5.91 Å². The lowest BCUT2D eigenvalue weighted by atomic mass is 10.2. The summed E-state index contributed by atoms with van der Waals surface area (Å²) in [5, 5.41) is 5.87. The van der Waals surface area contributed by atoms with Crippen molar-refractivity contribution in [1.82, 2.24) is 5.32 Å². The lowest BCUT2D eigenvalue weighted by Crippen LogP contribution is -2.11. The summed E-state index contributed by atoms with van der Waals surface area (Å²) in [5.41, 5.74) is 1.95. The van der Waals surface area contributed by atoms with Crippen LogP contribution < -0.4 is 10.6 Å². The summed E-state index contributed by atoms with van der Waals surface area (Å²) in [5.74, 6) is 2.40. The highest BCUT2D eigenvalue weighted by atomic mass is 16.1. The van der Waals surface area contributed by atoms with Crippen molar-refractivity contribution in [3.63, 3.8) is 0 Å². The van der Waals surface area contributed by atoms with Gasteiger partial charge in [-0.3, -0.25) is 4.79 Å². The number of amides is 1. The topological polar surface area (TPSA) is 41.1 Å². The molecular weight excluding hydrogens is 200 g/mol. The Hall–Kier alpha value is -1.79. The molecule has 84 valence electrons. The van der Waals surface area contributed by atoms with Crippen molar-refractivity contribution < 1.29 is 4.79 Å². The van der Waals surface area contributed by atoms with Crippen LogP contribution in [0.5, 0.6) is 0 Å². The van der Waals surface area contributed by atoms with E-state index in [2.05, 4.69) is 16.6 Å². The van der Waals surface area contributed by atoms with Crippen LogP contribution in [-0.4, -0.2) is 13.0 Å². The average Bonchev–Trinajstić information content (AvgIpc) is 2.27. The molecule has 1 aromatic rings. The Morgan fingerprint density at radius 2 is 2.31 bits per heavy atom. The van der Waals surface area contributed by atoms with Crippen LogP contribution in [0.1, 0.15) is 18.4 Å². The van der Waals surface area contributed by atoms with Gasteiger partial charge < -0.3 is 10.6 Å². The molecule has 0 aliphatic carbocycles. The van der Waals surface area contributed by atoms with Gasteiger partial charge in [0.05, 0.1) is 0 Å². The molecule has 3 heteroatoms. The minimum Gasteiger partial charge on any atom is -0.326 e. The third-order valence-electron chi connectivity index (χ3n) is 2.09. The number of hydrogen-bond acceptors (Lipinski definition) is 2. The Morgan fingerprint density at radius 3 is 3.00 bits per heavy atom. The minimum atomic E-state index is -0.0421.